The van der Waals surface area contributed by atoms with Gasteiger partial charge in [-0.3, -0.25) is 4.98 Å². The van der Waals surface area contributed by atoms with Gasteiger partial charge in [-0.05, 0) is 70.0 Å². The summed E-state index contributed by atoms with van der Waals surface area (Å²) in [6.45, 7) is 0. The highest BCUT2D eigenvalue weighted by Crippen LogP contribution is 2.36. The first-order chi connectivity index (χ1) is 11.9. The largest absolute Gasteiger partial charge is 0.264 e. The highest BCUT2D eigenvalue weighted by atomic mass is 14.6. The maximum absolute atomic E-state index is 4.29. The summed E-state index contributed by atoms with van der Waals surface area (Å²) in [6.07, 6.45) is 8.89. The Morgan fingerprint density at radius 1 is 0.667 bits per heavy atom. The molecule has 1 aromatic heterocycles. The zero-order valence-electron chi connectivity index (χ0n) is 13.6. The Morgan fingerprint density at radius 2 is 1.50 bits per heavy atom. The molecule has 0 unspecified atom stereocenters. The summed E-state index contributed by atoms with van der Waals surface area (Å²) in [7, 11) is 0. The lowest BCUT2D eigenvalue weighted by Gasteiger charge is -2.19. The second-order valence-corrected chi connectivity index (χ2v) is 6.71. The molecule has 0 atom stereocenters. The van der Waals surface area contributed by atoms with Gasteiger partial charge in [0.05, 0.1) is 0 Å². The first-order valence-corrected chi connectivity index (χ1v) is 8.78. The fourth-order valence-corrected chi connectivity index (χ4v) is 4.20. The van der Waals surface area contributed by atoms with Gasteiger partial charge in [0.25, 0.3) is 0 Å². The van der Waals surface area contributed by atoms with E-state index in [-0.39, 0.29) is 0 Å². The maximum atomic E-state index is 4.29. The second-order valence-electron chi connectivity index (χ2n) is 6.71. The van der Waals surface area contributed by atoms with Gasteiger partial charge in [-0.1, -0.05) is 48.5 Å². The molecular formula is C23H19N. The van der Waals surface area contributed by atoms with Crippen LogP contribution in [0.25, 0.3) is 32.7 Å². The van der Waals surface area contributed by atoms with Crippen molar-refractivity contribution in [3.05, 3.63) is 78.1 Å². The fourth-order valence-electron chi connectivity index (χ4n) is 4.20. The summed E-state index contributed by atoms with van der Waals surface area (Å²) in [5.41, 5.74) is 5.57. The molecule has 0 fully saturated rings. The van der Waals surface area contributed by atoms with Gasteiger partial charge in [0.2, 0.25) is 0 Å². The maximum Gasteiger partial charge on any atom is 0.0346 e. The summed E-state index contributed by atoms with van der Waals surface area (Å²) in [4.78, 5) is 4.29. The summed E-state index contributed by atoms with van der Waals surface area (Å²) in [6, 6.07) is 20.1. The van der Waals surface area contributed by atoms with Gasteiger partial charge in [-0.25, -0.2) is 0 Å². The molecule has 116 valence electrons. The molecule has 0 spiro atoms. The van der Waals surface area contributed by atoms with Crippen molar-refractivity contribution < 1.29 is 0 Å². The Morgan fingerprint density at radius 3 is 2.42 bits per heavy atom. The Bertz CT molecular complexity index is 1050. The molecule has 0 saturated carbocycles. The lowest BCUT2D eigenvalue weighted by Crippen LogP contribution is -2.03. The molecule has 1 nitrogen and oxygen atoms in total. The number of benzene rings is 3. The molecule has 1 heterocycles. The Hall–Kier alpha value is -2.67. The number of aromatic nitrogens is 1. The smallest absolute Gasteiger partial charge is 0.0346 e. The van der Waals surface area contributed by atoms with Crippen LogP contribution in [0.3, 0.4) is 0 Å². The van der Waals surface area contributed by atoms with Crippen molar-refractivity contribution in [2.45, 2.75) is 25.7 Å². The van der Waals surface area contributed by atoms with Crippen LogP contribution in [0, 0.1) is 0 Å². The van der Waals surface area contributed by atoms with Crippen LogP contribution < -0.4 is 0 Å². The Balaban J connectivity index is 1.84. The lowest BCUT2D eigenvalue weighted by molar-refractivity contribution is 0.690. The molecule has 1 aliphatic carbocycles. The monoisotopic (exact) mass is 309 g/mol. The average Bonchev–Trinajstić information content (AvgIpc) is 2.67. The van der Waals surface area contributed by atoms with Gasteiger partial charge < -0.3 is 0 Å². The van der Waals surface area contributed by atoms with Crippen molar-refractivity contribution in [2.24, 2.45) is 0 Å². The molecule has 0 bridgehead atoms. The van der Waals surface area contributed by atoms with Crippen LogP contribution in [0.2, 0.25) is 0 Å². The van der Waals surface area contributed by atoms with E-state index in [0.717, 1.165) is 0 Å². The highest BCUT2D eigenvalue weighted by Gasteiger charge is 2.14. The van der Waals surface area contributed by atoms with E-state index in [0.29, 0.717) is 0 Å². The minimum Gasteiger partial charge on any atom is -0.264 e. The van der Waals surface area contributed by atoms with Crippen LogP contribution in [0.4, 0.5) is 0 Å². The second kappa shape index (κ2) is 5.45. The summed E-state index contributed by atoms with van der Waals surface area (Å²) < 4.78 is 0. The SMILES string of the molecule is c1cncc(-c2cccc3c2ccc2c4c(ccc23)CCCC4)c1. The molecule has 0 aliphatic heterocycles. The first-order valence-electron chi connectivity index (χ1n) is 8.78. The van der Waals surface area contributed by atoms with Crippen molar-refractivity contribution in [3.63, 3.8) is 0 Å². The molecular weight excluding hydrogens is 290 g/mol. The molecule has 0 radical (unpaired) electrons. The lowest BCUT2D eigenvalue weighted by atomic mass is 9.86. The molecule has 0 N–H and O–H groups in total. The van der Waals surface area contributed by atoms with Crippen LogP contribution in [-0.4, -0.2) is 4.98 Å². The molecule has 5 rings (SSSR count). The van der Waals surface area contributed by atoms with Gasteiger partial charge in [0.15, 0.2) is 0 Å². The Labute approximate surface area is 142 Å². The third-order valence-corrected chi connectivity index (χ3v) is 5.36. The van der Waals surface area contributed by atoms with Gasteiger partial charge >= 0.3 is 0 Å². The van der Waals surface area contributed by atoms with E-state index < -0.39 is 0 Å². The Kier molecular flexibility index (Phi) is 3.12. The molecule has 0 saturated heterocycles. The van der Waals surface area contributed by atoms with Crippen molar-refractivity contribution in [1.82, 2.24) is 4.98 Å². The summed E-state index contributed by atoms with van der Waals surface area (Å²) >= 11 is 0. The number of nitrogens with zero attached hydrogens (tertiary/aromatic N) is 1. The van der Waals surface area contributed by atoms with E-state index in [1.165, 1.54) is 58.4 Å². The number of fused-ring (bicyclic) bond motifs is 5. The van der Waals surface area contributed by atoms with Gasteiger partial charge in [-0.2, -0.15) is 0 Å². The van der Waals surface area contributed by atoms with E-state index in [9.17, 15) is 0 Å². The van der Waals surface area contributed by atoms with E-state index in [1.54, 1.807) is 11.1 Å². The fraction of sp³-hybridized carbons (Fsp3) is 0.174. The van der Waals surface area contributed by atoms with Crippen LogP contribution >= 0.6 is 0 Å². The van der Waals surface area contributed by atoms with E-state index in [2.05, 4.69) is 53.5 Å². The molecule has 1 aliphatic rings. The minimum absolute atomic E-state index is 1.18. The topological polar surface area (TPSA) is 12.9 Å². The molecule has 0 amide bonds. The third kappa shape index (κ3) is 2.05. The van der Waals surface area contributed by atoms with Gasteiger partial charge in [-0.15, -0.1) is 0 Å². The van der Waals surface area contributed by atoms with Crippen molar-refractivity contribution in [1.29, 1.82) is 0 Å². The third-order valence-electron chi connectivity index (χ3n) is 5.36. The highest BCUT2D eigenvalue weighted by molar-refractivity contribution is 6.13. The summed E-state index contributed by atoms with van der Waals surface area (Å²) in [5, 5.41) is 5.50. The zero-order valence-corrected chi connectivity index (χ0v) is 13.6. The number of hydrogen-bond acceptors (Lipinski definition) is 1. The molecule has 1 heteroatoms. The molecule has 24 heavy (non-hydrogen) atoms. The van der Waals surface area contributed by atoms with Crippen molar-refractivity contribution in [3.8, 4) is 11.1 Å². The number of pyridine rings is 1. The van der Waals surface area contributed by atoms with Crippen LogP contribution in [-0.2, 0) is 12.8 Å². The van der Waals surface area contributed by atoms with E-state index >= 15 is 0 Å². The standard InChI is InChI=1S/C23H19N/c1-2-7-18-16(5-1)10-11-23-20-9-3-8-19(17-6-4-14-24-15-17)22(20)13-12-21(18)23/h3-4,6,8-15H,1-2,5,7H2. The quantitative estimate of drug-likeness (QED) is 0.397. The predicted molar refractivity (Wildman–Crippen MR) is 101 cm³/mol. The number of hydrogen-bond donors (Lipinski definition) is 0. The molecule has 3 aromatic carbocycles. The first kappa shape index (κ1) is 13.7. The van der Waals surface area contributed by atoms with Crippen LogP contribution in [0.15, 0.2) is 67.0 Å². The molecule has 4 aromatic rings. The normalized spacial score (nSPS) is 14.0. The van der Waals surface area contributed by atoms with E-state index in [4.69, 9.17) is 0 Å². The van der Waals surface area contributed by atoms with Gasteiger partial charge in [0, 0.05) is 18.0 Å². The number of aryl methyl sites for hydroxylation is 2. The number of rotatable bonds is 1. The average molecular weight is 309 g/mol. The van der Waals surface area contributed by atoms with Crippen LogP contribution in [0.5, 0.6) is 0 Å². The van der Waals surface area contributed by atoms with Crippen molar-refractivity contribution in [2.75, 3.05) is 0 Å². The zero-order chi connectivity index (χ0) is 15.9. The van der Waals surface area contributed by atoms with Crippen LogP contribution in [0.1, 0.15) is 24.0 Å². The van der Waals surface area contributed by atoms with Gasteiger partial charge in [0.1, 0.15) is 0 Å². The van der Waals surface area contributed by atoms with Crippen molar-refractivity contribution >= 4 is 21.5 Å². The minimum atomic E-state index is 1.18. The van der Waals surface area contributed by atoms with E-state index in [1.807, 2.05) is 18.5 Å². The predicted octanol–water partition coefficient (Wildman–Crippen LogP) is 5.93. The summed E-state index contributed by atoms with van der Waals surface area (Å²) in [5.74, 6) is 0.